The fraction of sp³-hybridized carbons (Fsp3) is 0. The second-order valence-electron chi connectivity index (χ2n) is 16.8. The molecule has 0 saturated carbocycles. The van der Waals surface area contributed by atoms with Gasteiger partial charge in [0.15, 0.2) is 0 Å². The van der Waals surface area contributed by atoms with Gasteiger partial charge in [-0.25, -0.2) is 4.98 Å². The second-order valence-corrected chi connectivity index (χ2v) is 16.8. The fourth-order valence-electron chi connectivity index (χ4n) is 10.9. The molecule has 0 aliphatic carbocycles. The van der Waals surface area contributed by atoms with Crippen LogP contribution in [0.25, 0.3) is 143 Å². The van der Waals surface area contributed by atoms with Crippen molar-refractivity contribution in [3.05, 3.63) is 194 Å². The van der Waals surface area contributed by atoms with E-state index in [-0.39, 0.29) is 0 Å². The largest absolute Gasteiger partial charge is 0.455 e. The zero-order chi connectivity index (χ0) is 41.6. The van der Waals surface area contributed by atoms with Gasteiger partial charge in [-0.1, -0.05) is 152 Å². The molecule has 15 rings (SSSR count). The Hall–Kier alpha value is -8.74. The van der Waals surface area contributed by atoms with Crippen LogP contribution in [-0.2, 0) is 0 Å². The van der Waals surface area contributed by atoms with Crippen LogP contribution in [0, 0.1) is 0 Å². The van der Waals surface area contributed by atoms with Gasteiger partial charge in [-0.05, 0) is 74.8 Å². The van der Waals surface area contributed by atoms with Crippen LogP contribution in [0.5, 0.6) is 0 Å². The van der Waals surface area contributed by atoms with Gasteiger partial charge in [0, 0.05) is 49.0 Å². The molecule has 6 nitrogen and oxygen atoms in total. The SMILES string of the molecule is c1ccc(-n2c3ccc4ccccc4c3c3c4ccccc4c4c5ccccc5n(-c5nc(-c6cc7ccccc7c7c6oc6ccccc67)c6c(n5)oc5ccccc56)c4c32)cc1. The third-order valence-electron chi connectivity index (χ3n) is 13.5. The molecule has 0 radical (unpaired) electrons. The van der Waals surface area contributed by atoms with Crippen LogP contribution in [0.3, 0.4) is 0 Å². The van der Waals surface area contributed by atoms with Gasteiger partial charge in [-0.3, -0.25) is 4.57 Å². The Morgan fingerprint density at radius 3 is 1.72 bits per heavy atom. The molecule has 5 aromatic heterocycles. The fourth-order valence-corrected chi connectivity index (χ4v) is 10.9. The Morgan fingerprint density at radius 1 is 0.359 bits per heavy atom. The van der Waals surface area contributed by atoms with Gasteiger partial charge in [0.1, 0.15) is 16.7 Å². The average Bonchev–Trinajstić information content (AvgIpc) is 4.12. The highest BCUT2D eigenvalue weighted by molar-refractivity contribution is 6.39. The minimum atomic E-state index is 0.510. The number of rotatable bonds is 3. The van der Waals surface area contributed by atoms with Crippen LogP contribution in [0.1, 0.15) is 0 Å². The van der Waals surface area contributed by atoms with E-state index in [4.69, 9.17) is 18.8 Å². The first-order valence-corrected chi connectivity index (χ1v) is 21.7. The van der Waals surface area contributed by atoms with E-state index in [0.717, 1.165) is 98.9 Å². The summed E-state index contributed by atoms with van der Waals surface area (Å²) < 4.78 is 18.4. The summed E-state index contributed by atoms with van der Waals surface area (Å²) >= 11 is 0. The Labute approximate surface area is 363 Å². The molecule has 296 valence electrons. The lowest BCUT2D eigenvalue weighted by molar-refractivity contribution is 0.651. The van der Waals surface area contributed by atoms with Crippen LogP contribution in [0.15, 0.2) is 203 Å². The Bertz CT molecular complexity index is 4490. The van der Waals surface area contributed by atoms with E-state index in [0.29, 0.717) is 11.7 Å². The normalized spacial score (nSPS) is 12.4. The average molecular weight is 817 g/mol. The number of furan rings is 2. The molecule has 0 fully saturated rings. The van der Waals surface area contributed by atoms with Crippen LogP contribution in [-0.4, -0.2) is 19.1 Å². The lowest BCUT2D eigenvalue weighted by Gasteiger charge is -2.14. The molecule has 0 bridgehead atoms. The Morgan fingerprint density at radius 2 is 0.938 bits per heavy atom. The number of para-hydroxylation sites is 4. The molecular weight excluding hydrogens is 785 g/mol. The van der Waals surface area contributed by atoms with Crippen LogP contribution < -0.4 is 0 Å². The Balaban J connectivity index is 1.19. The molecule has 6 heteroatoms. The van der Waals surface area contributed by atoms with E-state index < -0.39 is 0 Å². The molecule has 0 saturated heterocycles. The van der Waals surface area contributed by atoms with E-state index in [1.54, 1.807) is 0 Å². The van der Waals surface area contributed by atoms with Gasteiger partial charge in [0.05, 0.1) is 33.1 Å². The second kappa shape index (κ2) is 12.4. The van der Waals surface area contributed by atoms with E-state index in [2.05, 4.69) is 173 Å². The molecule has 0 spiro atoms. The number of hydrogen-bond donors (Lipinski definition) is 0. The monoisotopic (exact) mass is 816 g/mol. The van der Waals surface area contributed by atoms with Crippen molar-refractivity contribution in [3.8, 4) is 22.9 Å². The van der Waals surface area contributed by atoms with Crippen molar-refractivity contribution in [2.45, 2.75) is 0 Å². The van der Waals surface area contributed by atoms with Gasteiger partial charge in [-0.2, -0.15) is 4.98 Å². The molecule has 0 aliphatic rings. The van der Waals surface area contributed by atoms with Gasteiger partial charge in [0.2, 0.25) is 11.7 Å². The predicted octanol–water partition coefficient (Wildman–Crippen LogP) is 15.6. The number of fused-ring (bicyclic) bond motifs is 20. The summed E-state index contributed by atoms with van der Waals surface area (Å²) in [6.07, 6.45) is 0. The first kappa shape index (κ1) is 33.9. The van der Waals surface area contributed by atoms with Gasteiger partial charge >= 0.3 is 0 Å². The number of hydrogen-bond acceptors (Lipinski definition) is 4. The molecule has 0 N–H and O–H groups in total. The molecule has 0 atom stereocenters. The summed E-state index contributed by atoms with van der Waals surface area (Å²) in [5.74, 6) is 0.511. The van der Waals surface area contributed by atoms with Crippen molar-refractivity contribution in [2.24, 2.45) is 0 Å². The van der Waals surface area contributed by atoms with Crippen molar-refractivity contribution in [3.63, 3.8) is 0 Å². The highest BCUT2D eigenvalue weighted by Gasteiger charge is 2.29. The standard InChI is InChI=1S/C58H32N4O2/c1-2-18-35(19-3-1)61-45-31-30-33-16-4-6-20-36(33)50(45)51-39-23-9-8-22-38(39)48-40-24-10-13-27-44(40)62(54(48)55(51)61)58-59-53(52-42-26-12-15-29-47(42)64-57(52)60-58)43-32-34-17-5-7-21-37(34)49-41-25-11-14-28-46(41)63-56(43)49/h1-32H. The highest BCUT2D eigenvalue weighted by Crippen LogP contribution is 2.49. The molecule has 0 unspecified atom stereocenters. The zero-order valence-electron chi connectivity index (χ0n) is 34.1. The van der Waals surface area contributed by atoms with E-state index >= 15 is 0 Å². The van der Waals surface area contributed by atoms with Crippen molar-refractivity contribution in [2.75, 3.05) is 0 Å². The minimum Gasteiger partial charge on any atom is -0.455 e. The predicted molar refractivity (Wildman–Crippen MR) is 263 cm³/mol. The highest BCUT2D eigenvalue weighted by atomic mass is 16.3. The summed E-state index contributed by atoms with van der Waals surface area (Å²) in [6.45, 7) is 0. The molecule has 64 heavy (non-hydrogen) atoms. The maximum Gasteiger partial charge on any atom is 0.238 e. The molecule has 5 heterocycles. The summed E-state index contributed by atoms with van der Waals surface area (Å²) in [6, 6.07) is 68.8. The summed E-state index contributed by atoms with van der Waals surface area (Å²) in [4.78, 5) is 11.2. The molecule has 0 aliphatic heterocycles. The van der Waals surface area contributed by atoms with Crippen molar-refractivity contribution >= 4 is 120 Å². The van der Waals surface area contributed by atoms with Crippen LogP contribution in [0.4, 0.5) is 0 Å². The summed E-state index contributed by atoms with van der Waals surface area (Å²) in [5, 5.41) is 15.6. The Kier molecular flexibility index (Phi) is 6.59. The molecular formula is C58H32N4O2. The van der Waals surface area contributed by atoms with Crippen molar-refractivity contribution in [1.82, 2.24) is 19.1 Å². The third kappa shape index (κ3) is 4.38. The summed E-state index contributed by atoms with van der Waals surface area (Å²) in [5.41, 5.74) is 9.81. The van der Waals surface area contributed by atoms with E-state index in [1.165, 1.54) is 32.3 Å². The number of nitrogens with zero attached hydrogens (tertiary/aromatic N) is 4. The van der Waals surface area contributed by atoms with Gasteiger partial charge in [-0.15, -0.1) is 0 Å². The maximum absolute atomic E-state index is 6.89. The quantitative estimate of drug-likeness (QED) is 0.178. The van der Waals surface area contributed by atoms with Crippen molar-refractivity contribution < 1.29 is 8.83 Å². The minimum absolute atomic E-state index is 0.510. The lowest BCUT2D eigenvalue weighted by atomic mass is 9.96. The number of aromatic nitrogens is 4. The molecule has 0 amide bonds. The topological polar surface area (TPSA) is 61.9 Å². The van der Waals surface area contributed by atoms with E-state index in [9.17, 15) is 0 Å². The molecule has 15 aromatic rings. The smallest absolute Gasteiger partial charge is 0.238 e. The number of benzene rings is 10. The summed E-state index contributed by atoms with van der Waals surface area (Å²) in [7, 11) is 0. The lowest BCUT2D eigenvalue weighted by Crippen LogP contribution is -2.04. The zero-order valence-corrected chi connectivity index (χ0v) is 34.1. The first-order chi connectivity index (χ1) is 31.8. The van der Waals surface area contributed by atoms with Gasteiger partial charge in [0.25, 0.3) is 0 Å². The van der Waals surface area contributed by atoms with Crippen LogP contribution >= 0.6 is 0 Å². The van der Waals surface area contributed by atoms with Gasteiger partial charge < -0.3 is 13.4 Å². The van der Waals surface area contributed by atoms with E-state index in [1.807, 2.05) is 30.3 Å². The third-order valence-corrected chi connectivity index (χ3v) is 13.5. The van der Waals surface area contributed by atoms with Crippen molar-refractivity contribution in [1.29, 1.82) is 0 Å². The first-order valence-electron chi connectivity index (χ1n) is 21.7. The van der Waals surface area contributed by atoms with Crippen LogP contribution in [0.2, 0.25) is 0 Å². The molecule has 10 aromatic carbocycles. The maximum atomic E-state index is 6.89.